The monoisotopic (exact) mass is 487 g/mol. The number of rotatable bonds is 6. The topological polar surface area (TPSA) is 113 Å². The fraction of sp³-hybridized carbons (Fsp3) is 0.179. The van der Waals surface area contributed by atoms with Crippen molar-refractivity contribution in [1.29, 1.82) is 0 Å². The molecule has 8 heteroatoms. The number of benzene rings is 3. The minimum absolute atomic E-state index is 0.000336. The SMILES string of the molecule is CCOC(=O)c1cccc(N2C(=O)C(=O)/C(=C(/O)c3cc(C)ccc3OC)C2c2ccc(O)cc2)c1. The van der Waals surface area contributed by atoms with E-state index in [0.717, 1.165) is 5.56 Å². The summed E-state index contributed by atoms with van der Waals surface area (Å²) < 4.78 is 10.5. The summed E-state index contributed by atoms with van der Waals surface area (Å²) in [7, 11) is 1.44. The van der Waals surface area contributed by atoms with Gasteiger partial charge in [-0.1, -0.05) is 29.8 Å². The smallest absolute Gasteiger partial charge is 0.338 e. The number of esters is 1. The molecule has 1 aliphatic heterocycles. The van der Waals surface area contributed by atoms with Crippen LogP contribution in [0.4, 0.5) is 5.69 Å². The molecule has 1 saturated heterocycles. The molecule has 1 atom stereocenters. The van der Waals surface area contributed by atoms with Crippen LogP contribution in [-0.4, -0.2) is 41.6 Å². The number of ketones is 1. The fourth-order valence-electron chi connectivity index (χ4n) is 4.22. The number of ether oxygens (including phenoxy) is 2. The van der Waals surface area contributed by atoms with Gasteiger partial charge in [0.15, 0.2) is 0 Å². The van der Waals surface area contributed by atoms with Gasteiger partial charge in [0.2, 0.25) is 0 Å². The largest absolute Gasteiger partial charge is 0.508 e. The van der Waals surface area contributed by atoms with Crippen molar-refractivity contribution >= 4 is 29.1 Å². The summed E-state index contributed by atoms with van der Waals surface area (Å²) in [4.78, 5) is 40.3. The van der Waals surface area contributed by atoms with Crippen LogP contribution in [0.5, 0.6) is 11.5 Å². The van der Waals surface area contributed by atoms with Gasteiger partial charge in [-0.2, -0.15) is 0 Å². The Hall–Kier alpha value is -4.59. The number of hydrogen-bond donors (Lipinski definition) is 2. The number of aryl methyl sites for hydroxylation is 1. The van der Waals surface area contributed by atoms with Crippen LogP contribution < -0.4 is 9.64 Å². The van der Waals surface area contributed by atoms with Gasteiger partial charge in [0.1, 0.15) is 17.3 Å². The average molecular weight is 488 g/mol. The number of Topliss-reactive ketones (excluding diaryl/α,β-unsaturated/α-hetero) is 1. The van der Waals surface area contributed by atoms with Gasteiger partial charge in [-0.05, 0) is 61.9 Å². The molecule has 2 N–H and O–H groups in total. The first kappa shape index (κ1) is 24.5. The molecule has 1 fully saturated rings. The number of carbonyl (C=O) groups is 3. The maximum atomic E-state index is 13.4. The van der Waals surface area contributed by atoms with E-state index in [9.17, 15) is 24.6 Å². The molecule has 3 aromatic carbocycles. The Balaban J connectivity index is 1.95. The predicted molar refractivity (Wildman–Crippen MR) is 133 cm³/mol. The first-order valence-corrected chi connectivity index (χ1v) is 11.3. The minimum Gasteiger partial charge on any atom is -0.508 e. The van der Waals surface area contributed by atoms with Crippen molar-refractivity contribution in [3.63, 3.8) is 0 Å². The number of aliphatic hydroxyl groups is 1. The lowest BCUT2D eigenvalue weighted by atomic mass is 9.94. The van der Waals surface area contributed by atoms with Gasteiger partial charge in [-0.3, -0.25) is 14.5 Å². The molecule has 8 nitrogen and oxygen atoms in total. The third kappa shape index (κ3) is 4.40. The molecule has 3 aromatic rings. The summed E-state index contributed by atoms with van der Waals surface area (Å²) in [6, 6.07) is 16.3. The van der Waals surface area contributed by atoms with Crippen LogP contribution in [0.15, 0.2) is 72.3 Å². The lowest BCUT2D eigenvalue weighted by molar-refractivity contribution is -0.132. The van der Waals surface area contributed by atoms with Crippen LogP contribution in [0.2, 0.25) is 0 Å². The maximum Gasteiger partial charge on any atom is 0.338 e. The fourth-order valence-corrected chi connectivity index (χ4v) is 4.22. The Morgan fingerprint density at radius 2 is 1.75 bits per heavy atom. The van der Waals surface area contributed by atoms with E-state index in [1.165, 1.54) is 30.2 Å². The van der Waals surface area contributed by atoms with Gasteiger partial charge in [0, 0.05) is 5.69 Å². The highest BCUT2D eigenvalue weighted by Gasteiger charge is 2.47. The highest BCUT2D eigenvalue weighted by Crippen LogP contribution is 2.43. The van der Waals surface area contributed by atoms with E-state index in [-0.39, 0.29) is 34.7 Å². The average Bonchev–Trinajstić information content (AvgIpc) is 3.14. The molecule has 184 valence electrons. The number of phenolic OH excluding ortho intramolecular Hbond substituents is 1. The molecule has 1 unspecified atom stereocenters. The Bertz CT molecular complexity index is 1370. The number of aromatic hydroxyl groups is 1. The number of phenols is 1. The van der Waals surface area contributed by atoms with Crippen molar-refractivity contribution in [3.8, 4) is 11.5 Å². The van der Waals surface area contributed by atoms with Crippen molar-refractivity contribution in [2.24, 2.45) is 0 Å². The molecule has 4 rings (SSSR count). The zero-order valence-corrected chi connectivity index (χ0v) is 20.0. The Kier molecular flexibility index (Phi) is 6.78. The highest BCUT2D eigenvalue weighted by atomic mass is 16.5. The van der Waals surface area contributed by atoms with Gasteiger partial charge in [-0.25, -0.2) is 4.79 Å². The lowest BCUT2D eigenvalue weighted by Gasteiger charge is -2.26. The van der Waals surface area contributed by atoms with Crippen molar-refractivity contribution in [1.82, 2.24) is 0 Å². The summed E-state index contributed by atoms with van der Waals surface area (Å²) in [6.45, 7) is 3.69. The van der Waals surface area contributed by atoms with Crippen LogP contribution in [0.25, 0.3) is 5.76 Å². The summed E-state index contributed by atoms with van der Waals surface area (Å²) >= 11 is 0. The van der Waals surface area contributed by atoms with E-state index in [0.29, 0.717) is 11.3 Å². The minimum atomic E-state index is -1.03. The zero-order chi connectivity index (χ0) is 26.0. The van der Waals surface area contributed by atoms with Crippen LogP contribution in [0.1, 0.15) is 40.0 Å². The maximum absolute atomic E-state index is 13.4. The van der Waals surface area contributed by atoms with Crippen molar-refractivity contribution in [2.75, 3.05) is 18.6 Å². The summed E-state index contributed by atoms with van der Waals surface area (Å²) in [6.07, 6.45) is 0. The lowest BCUT2D eigenvalue weighted by Crippen LogP contribution is -2.29. The second-order valence-corrected chi connectivity index (χ2v) is 8.24. The highest BCUT2D eigenvalue weighted by molar-refractivity contribution is 6.51. The zero-order valence-electron chi connectivity index (χ0n) is 20.0. The number of amides is 1. The number of anilines is 1. The summed E-state index contributed by atoms with van der Waals surface area (Å²) in [5.41, 5.74) is 1.89. The number of hydrogen-bond acceptors (Lipinski definition) is 7. The van der Waals surface area contributed by atoms with E-state index in [2.05, 4.69) is 0 Å². The van der Waals surface area contributed by atoms with E-state index in [1.807, 2.05) is 6.92 Å². The number of carbonyl (C=O) groups excluding carboxylic acids is 3. The van der Waals surface area contributed by atoms with Crippen molar-refractivity contribution < 1.29 is 34.1 Å². The van der Waals surface area contributed by atoms with Crippen molar-refractivity contribution in [3.05, 3.63) is 94.6 Å². The molecule has 1 heterocycles. The van der Waals surface area contributed by atoms with E-state index in [1.54, 1.807) is 55.5 Å². The standard InChI is InChI=1S/C28H25NO7/c1-4-36-28(34)18-6-5-7-19(15-18)29-24(17-9-11-20(30)12-10-17)23(26(32)27(29)33)25(31)21-14-16(2)8-13-22(21)35-3/h5-15,24,30-31H,4H2,1-3H3/b25-23+. The third-order valence-corrected chi connectivity index (χ3v) is 5.90. The van der Waals surface area contributed by atoms with Crippen LogP contribution in [-0.2, 0) is 14.3 Å². The summed E-state index contributed by atoms with van der Waals surface area (Å²) in [5.74, 6) is -2.39. The predicted octanol–water partition coefficient (Wildman–Crippen LogP) is 4.51. The molecule has 0 bridgehead atoms. The molecule has 0 aromatic heterocycles. The van der Waals surface area contributed by atoms with Gasteiger partial charge in [0.05, 0.1) is 36.5 Å². The van der Waals surface area contributed by atoms with Gasteiger partial charge in [-0.15, -0.1) is 0 Å². The molecule has 0 spiro atoms. The first-order valence-electron chi connectivity index (χ1n) is 11.3. The van der Waals surface area contributed by atoms with E-state index < -0.39 is 29.5 Å². The Morgan fingerprint density at radius 3 is 2.42 bits per heavy atom. The second-order valence-electron chi connectivity index (χ2n) is 8.24. The van der Waals surface area contributed by atoms with Crippen LogP contribution in [0, 0.1) is 6.92 Å². The quantitative estimate of drug-likeness (QED) is 0.228. The molecule has 0 saturated carbocycles. The third-order valence-electron chi connectivity index (χ3n) is 5.90. The summed E-state index contributed by atoms with van der Waals surface area (Å²) in [5, 5.41) is 21.2. The van der Waals surface area contributed by atoms with Crippen LogP contribution in [0.3, 0.4) is 0 Å². The number of aliphatic hydroxyl groups excluding tert-OH is 1. The molecular formula is C28H25NO7. The molecule has 0 radical (unpaired) electrons. The first-order chi connectivity index (χ1) is 17.3. The normalized spacial score (nSPS) is 16.8. The molecule has 0 aliphatic carbocycles. The van der Waals surface area contributed by atoms with Gasteiger partial charge >= 0.3 is 5.97 Å². The number of nitrogens with zero attached hydrogens (tertiary/aromatic N) is 1. The molecule has 36 heavy (non-hydrogen) atoms. The second kappa shape index (κ2) is 9.95. The Labute approximate surface area is 208 Å². The van der Waals surface area contributed by atoms with E-state index in [4.69, 9.17) is 9.47 Å². The molecule has 1 amide bonds. The van der Waals surface area contributed by atoms with Crippen molar-refractivity contribution in [2.45, 2.75) is 19.9 Å². The van der Waals surface area contributed by atoms with Gasteiger partial charge in [0.25, 0.3) is 11.7 Å². The number of methoxy groups -OCH3 is 1. The molecule has 1 aliphatic rings. The molecular weight excluding hydrogens is 462 g/mol. The van der Waals surface area contributed by atoms with E-state index >= 15 is 0 Å². The van der Waals surface area contributed by atoms with Crippen LogP contribution >= 0.6 is 0 Å². The Morgan fingerprint density at radius 1 is 1.03 bits per heavy atom. The van der Waals surface area contributed by atoms with Gasteiger partial charge < -0.3 is 19.7 Å².